The van der Waals surface area contributed by atoms with E-state index in [9.17, 15) is 0 Å². The zero-order chi connectivity index (χ0) is 15.6. The first-order valence-corrected chi connectivity index (χ1v) is 8.23. The maximum absolute atomic E-state index is 5.36. The molecule has 0 fully saturated rings. The van der Waals surface area contributed by atoms with E-state index in [1.807, 2.05) is 34.6 Å². The summed E-state index contributed by atoms with van der Waals surface area (Å²) in [6, 6.07) is 8.64. The van der Waals surface area contributed by atoms with Gasteiger partial charge in [-0.3, -0.25) is 0 Å². The molecule has 0 atom stereocenters. The SMILES string of the molecule is CC.CC.CCCCNCc1ccc(COCC)cc1. The van der Waals surface area contributed by atoms with Crippen molar-refractivity contribution in [2.24, 2.45) is 0 Å². The maximum atomic E-state index is 5.36. The highest BCUT2D eigenvalue weighted by Gasteiger charge is 1.94. The Balaban J connectivity index is 0. The minimum absolute atomic E-state index is 0.722. The van der Waals surface area contributed by atoms with Gasteiger partial charge >= 0.3 is 0 Å². The topological polar surface area (TPSA) is 21.3 Å². The van der Waals surface area contributed by atoms with Gasteiger partial charge in [0.05, 0.1) is 6.61 Å². The fourth-order valence-corrected chi connectivity index (χ4v) is 1.51. The normalized spacial score (nSPS) is 9.10. The smallest absolute Gasteiger partial charge is 0.0716 e. The summed E-state index contributed by atoms with van der Waals surface area (Å²) in [5, 5.41) is 3.43. The van der Waals surface area contributed by atoms with Crippen LogP contribution in [0.25, 0.3) is 0 Å². The number of ether oxygens (including phenoxy) is 1. The Hall–Kier alpha value is -0.860. The molecule has 0 saturated carbocycles. The van der Waals surface area contributed by atoms with Crippen LogP contribution in [-0.4, -0.2) is 13.2 Å². The molecule has 0 aliphatic rings. The molecule has 0 amide bonds. The van der Waals surface area contributed by atoms with Gasteiger partial charge in [-0.05, 0) is 31.0 Å². The van der Waals surface area contributed by atoms with Gasteiger partial charge in [-0.1, -0.05) is 65.3 Å². The average Bonchev–Trinajstić information content (AvgIpc) is 2.54. The van der Waals surface area contributed by atoms with E-state index < -0.39 is 0 Å². The Morgan fingerprint density at radius 3 is 1.95 bits per heavy atom. The first kappa shape index (κ1) is 21.4. The van der Waals surface area contributed by atoms with Crippen LogP contribution < -0.4 is 5.32 Å². The Morgan fingerprint density at radius 2 is 1.45 bits per heavy atom. The van der Waals surface area contributed by atoms with Crippen LogP contribution in [0, 0.1) is 0 Å². The number of hydrogen-bond acceptors (Lipinski definition) is 2. The van der Waals surface area contributed by atoms with Crippen molar-refractivity contribution in [2.75, 3.05) is 13.2 Å². The van der Waals surface area contributed by atoms with Crippen LogP contribution in [0.5, 0.6) is 0 Å². The van der Waals surface area contributed by atoms with Crippen molar-refractivity contribution >= 4 is 0 Å². The van der Waals surface area contributed by atoms with Gasteiger partial charge in [-0.2, -0.15) is 0 Å². The van der Waals surface area contributed by atoms with E-state index in [1.54, 1.807) is 0 Å². The van der Waals surface area contributed by atoms with Gasteiger partial charge < -0.3 is 10.1 Å². The summed E-state index contributed by atoms with van der Waals surface area (Å²) in [4.78, 5) is 0. The van der Waals surface area contributed by atoms with E-state index in [1.165, 1.54) is 24.0 Å². The van der Waals surface area contributed by atoms with Crippen LogP contribution in [0.3, 0.4) is 0 Å². The molecule has 0 aliphatic carbocycles. The van der Waals surface area contributed by atoms with Crippen LogP contribution in [-0.2, 0) is 17.9 Å². The molecular formula is C18H35NO. The van der Waals surface area contributed by atoms with E-state index >= 15 is 0 Å². The van der Waals surface area contributed by atoms with Gasteiger partial charge in [0.2, 0.25) is 0 Å². The number of nitrogens with one attached hydrogen (secondary N) is 1. The molecule has 1 N–H and O–H groups in total. The summed E-state index contributed by atoms with van der Waals surface area (Å²) in [6.07, 6.45) is 2.50. The van der Waals surface area contributed by atoms with E-state index in [4.69, 9.17) is 4.74 Å². The van der Waals surface area contributed by atoms with Crippen LogP contribution in [0.4, 0.5) is 0 Å². The summed E-state index contributed by atoms with van der Waals surface area (Å²) in [7, 11) is 0. The molecule has 118 valence electrons. The third kappa shape index (κ3) is 12.2. The van der Waals surface area contributed by atoms with E-state index in [0.29, 0.717) is 0 Å². The monoisotopic (exact) mass is 281 g/mol. The number of unbranched alkanes of at least 4 members (excludes halogenated alkanes) is 1. The van der Waals surface area contributed by atoms with E-state index in [-0.39, 0.29) is 0 Å². The lowest BCUT2D eigenvalue weighted by molar-refractivity contribution is 0.134. The van der Waals surface area contributed by atoms with Crippen molar-refractivity contribution in [3.05, 3.63) is 35.4 Å². The summed E-state index contributed by atoms with van der Waals surface area (Å²) in [6.45, 7) is 15.8. The first-order chi connectivity index (χ1) is 9.86. The lowest BCUT2D eigenvalue weighted by Gasteiger charge is -2.06. The van der Waals surface area contributed by atoms with Gasteiger partial charge in [0.25, 0.3) is 0 Å². The number of benzene rings is 1. The van der Waals surface area contributed by atoms with Crippen LogP contribution in [0.1, 0.15) is 65.5 Å². The van der Waals surface area contributed by atoms with E-state index in [2.05, 4.69) is 36.5 Å². The van der Waals surface area contributed by atoms with Crippen molar-refractivity contribution < 1.29 is 4.74 Å². The molecule has 20 heavy (non-hydrogen) atoms. The zero-order valence-corrected chi connectivity index (χ0v) is 14.5. The second-order valence-corrected chi connectivity index (χ2v) is 3.98. The second-order valence-electron chi connectivity index (χ2n) is 3.98. The molecule has 2 heteroatoms. The molecule has 0 aromatic heterocycles. The van der Waals surface area contributed by atoms with Crippen LogP contribution >= 0.6 is 0 Å². The molecule has 0 unspecified atom stereocenters. The van der Waals surface area contributed by atoms with E-state index in [0.717, 1.165) is 26.3 Å². The summed E-state index contributed by atoms with van der Waals surface area (Å²) < 4.78 is 5.36. The van der Waals surface area contributed by atoms with Gasteiger partial charge in [0.15, 0.2) is 0 Å². The Morgan fingerprint density at radius 1 is 0.900 bits per heavy atom. The second kappa shape index (κ2) is 18.1. The van der Waals surface area contributed by atoms with Crippen LogP contribution in [0.2, 0.25) is 0 Å². The van der Waals surface area contributed by atoms with Crippen molar-refractivity contribution in [3.8, 4) is 0 Å². The highest BCUT2D eigenvalue weighted by molar-refractivity contribution is 5.21. The Labute approximate surface area is 126 Å². The number of hydrogen-bond donors (Lipinski definition) is 1. The molecule has 0 bridgehead atoms. The third-order valence-electron chi connectivity index (χ3n) is 2.53. The predicted octanol–water partition coefficient (Wildman–Crippen LogP) is 5.17. The highest BCUT2D eigenvalue weighted by Crippen LogP contribution is 2.05. The van der Waals surface area contributed by atoms with Crippen molar-refractivity contribution in [1.82, 2.24) is 5.32 Å². The summed E-state index contributed by atoms with van der Waals surface area (Å²) in [5.41, 5.74) is 2.59. The standard InChI is InChI=1S/C14H23NO.2C2H6/c1-3-5-10-15-11-13-6-8-14(9-7-13)12-16-4-2;2*1-2/h6-9,15H,3-5,10-12H2,1-2H3;2*1-2H3. The highest BCUT2D eigenvalue weighted by atomic mass is 16.5. The number of rotatable bonds is 8. The van der Waals surface area contributed by atoms with Crippen molar-refractivity contribution in [1.29, 1.82) is 0 Å². The predicted molar refractivity (Wildman–Crippen MR) is 91.1 cm³/mol. The quantitative estimate of drug-likeness (QED) is 0.664. The Kier molecular flexibility index (Phi) is 19.4. The molecule has 2 nitrogen and oxygen atoms in total. The van der Waals surface area contributed by atoms with Gasteiger partial charge in [0.1, 0.15) is 0 Å². The minimum atomic E-state index is 0.722. The largest absolute Gasteiger partial charge is 0.377 e. The van der Waals surface area contributed by atoms with Crippen molar-refractivity contribution in [2.45, 2.75) is 67.5 Å². The fourth-order valence-electron chi connectivity index (χ4n) is 1.51. The minimum Gasteiger partial charge on any atom is -0.377 e. The van der Waals surface area contributed by atoms with Gasteiger partial charge in [-0.25, -0.2) is 0 Å². The lowest BCUT2D eigenvalue weighted by Crippen LogP contribution is -2.14. The summed E-state index contributed by atoms with van der Waals surface area (Å²) >= 11 is 0. The fraction of sp³-hybridized carbons (Fsp3) is 0.667. The average molecular weight is 281 g/mol. The molecule has 0 aliphatic heterocycles. The molecule has 0 radical (unpaired) electrons. The van der Waals surface area contributed by atoms with Crippen LogP contribution in [0.15, 0.2) is 24.3 Å². The Bertz CT molecular complexity index is 269. The molecule has 0 saturated heterocycles. The lowest BCUT2D eigenvalue weighted by atomic mass is 10.1. The third-order valence-corrected chi connectivity index (χ3v) is 2.53. The zero-order valence-electron chi connectivity index (χ0n) is 14.5. The molecule has 0 heterocycles. The molecule has 1 rings (SSSR count). The van der Waals surface area contributed by atoms with Gasteiger partial charge in [-0.15, -0.1) is 0 Å². The molecular weight excluding hydrogens is 246 g/mol. The molecule has 0 spiro atoms. The van der Waals surface area contributed by atoms with Crippen molar-refractivity contribution in [3.63, 3.8) is 0 Å². The summed E-state index contributed by atoms with van der Waals surface area (Å²) in [5.74, 6) is 0. The van der Waals surface area contributed by atoms with Gasteiger partial charge in [0, 0.05) is 13.2 Å². The first-order valence-electron chi connectivity index (χ1n) is 8.23. The maximum Gasteiger partial charge on any atom is 0.0716 e. The molecule has 1 aromatic rings. The molecule has 1 aromatic carbocycles.